The fourth-order valence-electron chi connectivity index (χ4n) is 3.58. The maximum absolute atomic E-state index is 12.2. The molecule has 0 aromatic heterocycles. The first-order chi connectivity index (χ1) is 11.6. The van der Waals surface area contributed by atoms with E-state index < -0.39 is 0 Å². The fraction of sp³-hybridized carbons (Fsp3) is 0.810. The number of carbonyl (C=O) groups is 2. The van der Waals surface area contributed by atoms with Crippen molar-refractivity contribution in [1.29, 1.82) is 0 Å². The van der Waals surface area contributed by atoms with Crippen molar-refractivity contribution >= 4 is 11.6 Å². The van der Waals surface area contributed by atoms with Crippen molar-refractivity contribution in [3.63, 3.8) is 0 Å². The van der Waals surface area contributed by atoms with Crippen LogP contribution in [0.1, 0.15) is 84.5 Å². The second kappa shape index (κ2) is 12.4. The normalized spacial score (nSPS) is 22.4. The summed E-state index contributed by atoms with van der Waals surface area (Å²) in [5.74, 6) is 1.08. The Hall–Kier alpha value is -0.960. The van der Waals surface area contributed by atoms with Crippen LogP contribution in [0.5, 0.6) is 0 Å². The molecular weight excluding hydrogens is 300 g/mol. The first-order valence-corrected chi connectivity index (χ1v) is 9.95. The van der Waals surface area contributed by atoms with Crippen molar-refractivity contribution in [2.24, 2.45) is 17.8 Å². The van der Waals surface area contributed by atoms with E-state index in [1.165, 1.54) is 0 Å². The van der Waals surface area contributed by atoms with Gasteiger partial charge in [0.2, 0.25) is 0 Å². The van der Waals surface area contributed by atoms with E-state index in [0.29, 0.717) is 12.2 Å². The summed E-state index contributed by atoms with van der Waals surface area (Å²) in [5, 5.41) is 8.78. The molecule has 0 spiro atoms. The van der Waals surface area contributed by atoms with Crippen LogP contribution in [0, 0.1) is 17.8 Å². The van der Waals surface area contributed by atoms with Gasteiger partial charge in [0.05, 0.1) is 0 Å². The highest BCUT2D eigenvalue weighted by molar-refractivity contribution is 5.91. The number of Topliss-reactive ketones (excluding diaryl/α,β-unsaturated/α-hetero) is 1. The number of aliphatic hydroxyl groups excluding tert-OH is 1. The molecule has 0 aromatic carbocycles. The summed E-state index contributed by atoms with van der Waals surface area (Å²) in [7, 11) is 0. The van der Waals surface area contributed by atoms with Crippen LogP contribution in [0.15, 0.2) is 12.2 Å². The van der Waals surface area contributed by atoms with Crippen LogP contribution in [-0.4, -0.2) is 23.3 Å². The third-order valence-electron chi connectivity index (χ3n) is 5.31. The quantitative estimate of drug-likeness (QED) is 0.386. The molecule has 3 heteroatoms. The molecule has 1 N–H and O–H groups in total. The van der Waals surface area contributed by atoms with Gasteiger partial charge in [-0.2, -0.15) is 0 Å². The van der Waals surface area contributed by atoms with Crippen molar-refractivity contribution in [2.75, 3.05) is 6.61 Å². The van der Waals surface area contributed by atoms with E-state index in [-0.39, 0.29) is 30.1 Å². The Bertz CT molecular complexity index is 400. The van der Waals surface area contributed by atoms with Crippen LogP contribution in [-0.2, 0) is 9.59 Å². The molecule has 24 heavy (non-hydrogen) atoms. The van der Waals surface area contributed by atoms with E-state index in [0.717, 1.165) is 64.2 Å². The van der Waals surface area contributed by atoms with Crippen LogP contribution in [0.3, 0.4) is 0 Å². The molecule has 0 saturated heterocycles. The summed E-state index contributed by atoms with van der Waals surface area (Å²) in [4.78, 5) is 24.3. The number of rotatable bonds is 13. The number of carbonyl (C=O) groups excluding carboxylic acids is 2. The molecule has 1 aliphatic carbocycles. The van der Waals surface area contributed by atoms with Gasteiger partial charge < -0.3 is 5.11 Å². The van der Waals surface area contributed by atoms with Crippen molar-refractivity contribution in [2.45, 2.75) is 84.5 Å². The van der Waals surface area contributed by atoms with Gasteiger partial charge in [-0.05, 0) is 37.7 Å². The summed E-state index contributed by atoms with van der Waals surface area (Å²) >= 11 is 0. The van der Waals surface area contributed by atoms with Crippen LogP contribution < -0.4 is 0 Å². The minimum Gasteiger partial charge on any atom is -0.396 e. The van der Waals surface area contributed by atoms with Crippen LogP contribution in [0.25, 0.3) is 0 Å². The lowest BCUT2D eigenvalue weighted by molar-refractivity contribution is -0.121. The lowest BCUT2D eigenvalue weighted by Gasteiger charge is -2.15. The number of aliphatic hydroxyl groups is 1. The number of ketones is 2. The Morgan fingerprint density at radius 2 is 1.92 bits per heavy atom. The average molecular weight is 337 g/mol. The van der Waals surface area contributed by atoms with Crippen molar-refractivity contribution < 1.29 is 14.7 Å². The van der Waals surface area contributed by atoms with Gasteiger partial charge in [0.15, 0.2) is 5.78 Å². The SMILES string of the molecule is CCCCC(C)C(=O)/C=C/C1CCC(=O)C1CCCCCCCO. The van der Waals surface area contributed by atoms with Gasteiger partial charge in [0.25, 0.3) is 0 Å². The van der Waals surface area contributed by atoms with E-state index in [1.807, 2.05) is 13.0 Å². The Morgan fingerprint density at radius 1 is 1.21 bits per heavy atom. The Balaban J connectivity index is 2.38. The molecule has 1 aliphatic rings. The van der Waals surface area contributed by atoms with Crippen LogP contribution in [0.2, 0.25) is 0 Å². The molecular formula is C21H36O3. The Morgan fingerprint density at radius 3 is 2.62 bits per heavy atom. The number of unbranched alkanes of at least 4 members (excludes halogenated alkanes) is 5. The Kier molecular flexibility index (Phi) is 10.9. The smallest absolute Gasteiger partial charge is 0.158 e. The van der Waals surface area contributed by atoms with Crippen molar-refractivity contribution in [1.82, 2.24) is 0 Å². The zero-order chi connectivity index (χ0) is 17.8. The molecule has 0 aliphatic heterocycles. The topological polar surface area (TPSA) is 54.4 Å². The minimum absolute atomic E-state index is 0.100. The largest absolute Gasteiger partial charge is 0.396 e. The highest BCUT2D eigenvalue weighted by Crippen LogP contribution is 2.34. The summed E-state index contributed by atoms with van der Waals surface area (Å²) in [6, 6.07) is 0. The predicted octanol–water partition coefficient (Wildman–Crippen LogP) is 4.87. The summed E-state index contributed by atoms with van der Waals surface area (Å²) in [6.07, 6.45) is 14.8. The molecule has 138 valence electrons. The standard InChI is InChI=1S/C21H36O3/c1-3-4-10-17(2)20(23)14-12-18-13-15-21(24)19(18)11-8-6-5-7-9-16-22/h12,14,17-19,22H,3-11,13,15-16H2,1-2H3/b14-12+. The number of hydrogen-bond acceptors (Lipinski definition) is 3. The van der Waals surface area contributed by atoms with Gasteiger partial charge in [-0.1, -0.05) is 58.4 Å². The van der Waals surface area contributed by atoms with Gasteiger partial charge in [-0.3, -0.25) is 9.59 Å². The molecule has 1 saturated carbocycles. The first kappa shape index (κ1) is 21.1. The third kappa shape index (κ3) is 7.74. The van der Waals surface area contributed by atoms with E-state index in [2.05, 4.69) is 6.92 Å². The molecule has 0 heterocycles. The van der Waals surface area contributed by atoms with Gasteiger partial charge in [0.1, 0.15) is 5.78 Å². The van der Waals surface area contributed by atoms with Gasteiger partial charge in [0, 0.05) is 24.9 Å². The van der Waals surface area contributed by atoms with Gasteiger partial charge in [-0.15, -0.1) is 0 Å². The second-order valence-electron chi connectivity index (χ2n) is 7.36. The molecule has 0 amide bonds. The van der Waals surface area contributed by atoms with E-state index >= 15 is 0 Å². The molecule has 3 atom stereocenters. The first-order valence-electron chi connectivity index (χ1n) is 9.95. The predicted molar refractivity (Wildman–Crippen MR) is 98.8 cm³/mol. The van der Waals surface area contributed by atoms with Crippen LogP contribution in [0.4, 0.5) is 0 Å². The lowest BCUT2D eigenvalue weighted by atomic mass is 9.88. The highest BCUT2D eigenvalue weighted by atomic mass is 16.2. The summed E-state index contributed by atoms with van der Waals surface area (Å²) in [6.45, 7) is 4.43. The van der Waals surface area contributed by atoms with Crippen molar-refractivity contribution in [3.05, 3.63) is 12.2 Å². The van der Waals surface area contributed by atoms with Crippen LogP contribution >= 0.6 is 0 Å². The van der Waals surface area contributed by atoms with Gasteiger partial charge >= 0.3 is 0 Å². The van der Waals surface area contributed by atoms with E-state index in [9.17, 15) is 9.59 Å². The zero-order valence-electron chi connectivity index (χ0n) is 15.6. The molecule has 3 unspecified atom stereocenters. The summed E-state index contributed by atoms with van der Waals surface area (Å²) < 4.78 is 0. The molecule has 3 nitrogen and oxygen atoms in total. The molecule has 0 aromatic rings. The van der Waals surface area contributed by atoms with E-state index in [4.69, 9.17) is 5.11 Å². The van der Waals surface area contributed by atoms with Gasteiger partial charge in [-0.25, -0.2) is 0 Å². The highest BCUT2D eigenvalue weighted by Gasteiger charge is 2.32. The lowest BCUT2D eigenvalue weighted by Crippen LogP contribution is -2.14. The minimum atomic E-state index is 0.100. The number of hydrogen-bond donors (Lipinski definition) is 1. The number of allylic oxidation sites excluding steroid dienone is 2. The maximum atomic E-state index is 12.2. The fourth-order valence-corrected chi connectivity index (χ4v) is 3.58. The molecule has 0 bridgehead atoms. The maximum Gasteiger partial charge on any atom is 0.158 e. The van der Waals surface area contributed by atoms with Crippen molar-refractivity contribution in [3.8, 4) is 0 Å². The average Bonchev–Trinajstić information content (AvgIpc) is 2.93. The summed E-state index contributed by atoms with van der Waals surface area (Å²) in [5.41, 5.74) is 0. The molecule has 1 rings (SSSR count). The molecule has 1 fully saturated rings. The zero-order valence-corrected chi connectivity index (χ0v) is 15.6. The second-order valence-corrected chi connectivity index (χ2v) is 7.36. The monoisotopic (exact) mass is 336 g/mol. The molecule has 0 radical (unpaired) electrons. The third-order valence-corrected chi connectivity index (χ3v) is 5.31. The van der Waals surface area contributed by atoms with E-state index in [1.54, 1.807) is 6.08 Å². The Labute approximate surface area is 147 Å².